The smallest absolute Gasteiger partial charge is 0.000741 e. The standard InChI is InChI=1S/C48H36/c1-27(2)29-20-21-32-24-30-12-5-7-14-35(30)44(41(32)26-29)45-37-16-9-10-17-38(37)48-46-39(18-11-19-40(45)46)43-34(28(3)4)23-22-33-25-31-13-6-8-15-36(31)47(48)42(33)43/h5-28H,1-4H3. The third-order valence-corrected chi connectivity index (χ3v) is 11.1. The van der Waals surface area contributed by atoms with Gasteiger partial charge in [0.1, 0.15) is 0 Å². The van der Waals surface area contributed by atoms with Crippen molar-refractivity contribution in [1.29, 1.82) is 0 Å². The lowest BCUT2D eigenvalue weighted by atomic mass is 9.79. The minimum Gasteiger partial charge on any atom is -0.0616 e. The Morgan fingerprint density at radius 3 is 1.65 bits per heavy atom. The molecule has 10 aromatic rings. The molecular weight excluding hydrogens is 577 g/mol. The minimum atomic E-state index is 0.400. The van der Waals surface area contributed by atoms with E-state index in [1.54, 1.807) is 0 Å². The Bertz CT molecular complexity index is 2940. The molecule has 10 aromatic carbocycles. The highest BCUT2D eigenvalue weighted by Gasteiger charge is 2.24. The van der Waals surface area contributed by atoms with Gasteiger partial charge in [-0.1, -0.05) is 149 Å². The van der Waals surface area contributed by atoms with E-state index in [9.17, 15) is 0 Å². The van der Waals surface area contributed by atoms with Gasteiger partial charge in [-0.2, -0.15) is 0 Å². The molecule has 228 valence electrons. The first-order valence-electron chi connectivity index (χ1n) is 17.4. The van der Waals surface area contributed by atoms with Crippen molar-refractivity contribution in [3.63, 3.8) is 0 Å². The van der Waals surface area contributed by atoms with E-state index in [2.05, 4.69) is 161 Å². The molecule has 0 atom stereocenters. The fourth-order valence-corrected chi connectivity index (χ4v) is 8.88. The van der Waals surface area contributed by atoms with Crippen LogP contribution in [0.3, 0.4) is 0 Å². The SMILES string of the molecule is CC(C)c1ccc2cc3ccccc3c(-c3c4ccccc4c4c5c3cccc5c3c(C(C)C)ccc5cc6ccccc6c4c53)c2c1. The largest absolute Gasteiger partial charge is 0.0616 e. The first-order chi connectivity index (χ1) is 23.5. The summed E-state index contributed by atoms with van der Waals surface area (Å²) in [5.74, 6) is 0.846. The molecule has 0 saturated carbocycles. The van der Waals surface area contributed by atoms with Crippen molar-refractivity contribution in [1.82, 2.24) is 0 Å². The molecule has 0 unspecified atom stereocenters. The quantitative estimate of drug-likeness (QED) is 0.138. The monoisotopic (exact) mass is 612 g/mol. The van der Waals surface area contributed by atoms with Gasteiger partial charge in [0, 0.05) is 0 Å². The van der Waals surface area contributed by atoms with Crippen LogP contribution in [-0.2, 0) is 0 Å². The number of rotatable bonds is 3. The summed E-state index contributed by atoms with van der Waals surface area (Å²) in [5.41, 5.74) is 5.48. The van der Waals surface area contributed by atoms with Gasteiger partial charge < -0.3 is 0 Å². The average molecular weight is 613 g/mol. The number of benzene rings is 10. The van der Waals surface area contributed by atoms with Crippen molar-refractivity contribution in [3.05, 3.63) is 145 Å². The Kier molecular flexibility index (Phi) is 5.77. The first-order valence-corrected chi connectivity index (χ1v) is 17.4. The van der Waals surface area contributed by atoms with E-state index >= 15 is 0 Å². The van der Waals surface area contributed by atoms with Gasteiger partial charge in [-0.15, -0.1) is 0 Å². The fraction of sp³-hybridized carbons (Fsp3) is 0.125. The van der Waals surface area contributed by atoms with Crippen molar-refractivity contribution >= 4 is 86.2 Å². The summed E-state index contributed by atoms with van der Waals surface area (Å²) in [7, 11) is 0. The third kappa shape index (κ3) is 3.66. The van der Waals surface area contributed by atoms with Crippen LogP contribution in [0.5, 0.6) is 0 Å². The maximum absolute atomic E-state index is 2.46. The summed E-state index contributed by atoms with van der Waals surface area (Å²) >= 11 is 0. The molecule has 0 nitrogen and oxygen atoms in total. The van der Waals surface area contributed by atoms with Crippen molar-refractivity contribution in [2.45, 2.75) is 39.5 Å². The van der Waals surface area contributed by atoms with Crippen LogP contribution in [-0.4, -0.2) is 0 Å². The maximum atomic E-state index is 2.46. The van der Waals surface area contributed by atoms with Crippen LogP contribution in [0.15, 0.2) is 133 Å². The van der Waals surface area contributed by atoms with E-state index in [0.29, 0.717) is 11.8 Å². The molecule has 48 heavy (non-hydrogen) atoms. The lowest BCUT2D eigenvalue weighted by Crippen LogP contribution is -1.97. The van der Waals surface area contributed by atoms with Crippen molar-refractivity contribution in [3.8, 4) is 11.1 Å². The molecule has 0 heterocycles. The molecule has 0 aliphatic carbocycles. The Hall–Kier alpha value is -5.46. The van der Waals surface area contributed by atoms with Crippen LogP contribution in [0, 0.1) is 0 Å². The van der Waals surface area contributed by atoms with Gasteiger partial charge in [0.25, 0.3) is 0 Å². The molecule has 0 bridgehead atoms. The zero-order chi connectivity index (χ0) is 32.3. The van der Waals surface area contributed by atoms with Gasteiger partial charge >= 0.3 is 0 Å². The molecule has 10 rings (SSSR count). The van der Waals surface area contributed by atoms with Crippen LogP contribution in [0.25, 0.3) is 97.3 Å². The Labute approximate surface area is 280 Å². The molecule has 0 aromatic heterocycles. The van der Waals surface area contributed by atoms with Gasteiger partial charge in [0.15, 0.2) is 0 Å². The van der Waals surface area contributed by atoms with E-state index in [1.165, 1.54) is 108 Å². The van der Waals surface area contributed by atoms with Crippen molar-refractivity contribution < 1.29 is 0 Å². The molecule has 0 fully saturated rings. The summed E-state index contributed by atoms with van der Waals surface area (Å²) in [6.07, 6.45) is 0. The lowest BCUT2D eigenvalue weighted by molar-refractivity contribution is 0.869. The molecule has 0 N–H and O–H groups in total. The van der Waals surface area contributed by atoms with Gasteiger partial charge in [-0.25, -0.2) is 0 Å². The summed E-state index contributed by atoms with van der Waals surface area (Å²) in [5, 5.41) is 21.4. The van der Waals surface area contributed by atoms with Crippen LogP contribution in [0.1, 0.15) is 50.7 Å². The molecule has 0 radical (unpaired) electrons. The molecule has 0 spiro atoms. The van der Waals surface area contributed by atoms with Gasteiger partial charge in [0.05, 0.1) is 0 Å². The zero-order valence-corrected chi connectivity index (χ0v) is 27.9. The molecule has 0 saturated heterocycles. The minimum absolute atomic E-state index is 0.400. The maximum Gasteiger partial charge on any atom is -0.000741 e. The zero-order valence-electron chi connectivity index (χ0n) is 27.9. The van der Waals surface area contributed by atoms with E-state index < -0.39 is 0 Å². The highest BCUT2D eigenvalue weighted by atomic mass is 14.3. The van der Waals surface area contributed by atoms with E-state index in [4.69, 9.17) is 0 Å². The highest BCUT2D eigenvalue weighted by molar-refractivity contribution is 6.45. The van der Waals surface area contributed by atoms with Gasteiger partial charge in [-0.3, -0.25) is 0 Å². The van der Waals surface area contributed by atoms with Crippen LogP contribution in [0.4, 0.5) is 0 Å². The highest BCUT2D eigenvalue weighted by Crippen LogP contribution is 2.52. The summed E-state index contributed by atoms with van der Waals surface area (Å²) < 4.78 is 0. The summed E-state index contributed by atoms with van der Waals surface area (Å²) in [6.45, 7) is 9.28. The van der Waals surface area contributed by atoms with Crippen LogP contribution >= 0.6 is 0 Å². The van der Waals surface area contributed by atoms with Gasteiger partial charge in [0.2, 0.25) is 0 Å². The lowest BCUT2D eigenvalue weighted by Gasteiger charge is -2.24. The van der Waals surface area contributed by atoms with E-state index in [0.717, 1.165) is 0 Å². The van der Waals surface area contributed by atoms with E-state index in [-0.39, 0.29) is 0 Å². The summed E-state index contributed by atoms with van der Waals surface area (Å²) in [6, 6.07) is 50.9. The van der Waals surface area contributed by atoms with Crippen molar-refractivity contribution in [2.24, 2.45) is 0 Å². The topological polar surface area (TPSA) is 0 Å². The van der Waals surface area contributed by atoms with E-state index in [1.807, 2.05) is 0 Å². The fourth-order valence-electron chi connectivity index (χ4n) is 8.88. The first kappa shape index (κ1) is 27.6. The Morgan fingerprint density at radius 2 is 0.875 bits per heavy atom. The molecule has 0 heteroatoms. The van der Waals surface area contributed by atoms with Crippen LogP contribution < -0.4 is 0 Å². The predicted molar refractivity (Wildman–Crippen MR) is 211 cm³/mol. The van der Waals surface area contributed by atoms with Crippen LogP contribution in [0.2, 0.25) is 0 Å². The molecule has 0 aliphatic rings. The Morgan fingerprint density at radius 1 is 0.312 bits per heavy atom. The average Bonchev–Trinajstić information content (AvgIpc) is 3.11. The third-order valence-electron chi connectivity index (χ3n) is 11.1. The molecule has 0 amide bonds. The second-order valence-electron chi connectivity index (χ2n) is 14.4. The number of fused-ring (bicyclic) bond motifs is 8. The predicted octanol–water partition coefficient (Wildman–Crippen LogP) is 14.3. The second kappa shape index (κ2) is 10.0. The Balaban J connectivity index is 1.55. The normalized spacial score (nSPS) is 12.5. The number of hydrogen-bond acceptors (Lipinski definition) is 0. The van der Waals surface area contributed by atoms with Gasteiger partial charge in [-0.05, 0) is 132 Å². The molecular formula is C48H36. The second-order valence-corrected chi connectivity index (χ2v) is 14.4. The molecule has 0 aliphatic heterocycles. The van der Waals surface area contributed by atoms with Crippen molar-refractivity contribution in [2.75, 3.05) is 0 Å². The number of hydrogen-bond donors (Lipinski definition) is 0. The summed E-state index contributed by atoms with van der Waals surface area (Å²) in [4.78, 5) is 0.